The molecule has 0 bridgehead atoms. The van der Waals surface area contributed by atoms with Gasteiger partial charge in [-0.1, -0.05) is 47.7 Å². The van der Waals surface area contributed by atoms with Gasteiger partial charge in [-0.2, -0.15) is 0 Å². The molecule has 1 saturated heterocycles. The number of urea groups is 1. The molecule has 0 radical (unpaired) electrons. The lowest BCUT2D eigenvalue weighted by Gasteiger charge is -2.12. The van der Waals surface area contributed by atoms with Gasteiger partial charge in [-0.15, -0.1) is 0 Å². The SMILES string of the molecule is Cc1ccc(Sc2ccc(C=C3NC(=O)N(Cc4ccccc4F)C3=O)o2)cc1. The van der Waals surface area contributed by atoms with Crippen molar-refractivity contribution in [3.63, 3.8) is 0 Å². The molecule has 0 saturated carbocycles. The molecule has 2 heterocycles. The van der Waals surface area contributed by atoms with Gasteiger partial charge in [-0.3, -0.25) is 9.69 Å². The first kappa shape index (κ1) is 19.0. The van der Waals surface area contributed by atoms with E-state index in [0.29, 0.717) is 10.9 Å². The first-order chi connectivity index (χ1) is 14.0. The summed E-state index contributed by atoms with van der Waals surface area (Å²) in [5.74, 6) is -0.548. The molecule has 5 nitrogen and oxygen atoms in total. The maximum Gasteiger partial charge on any atom is 0.329 e. The van der Waals surface area contributed by atoms with Gasteiger partial charge in [0.25, 0.3) is 5.91 Å². The monoisotopic (exact) mass is 408 g/mol. The third-order valence-electron chi connectivity index (χ3n) is 4.38. The summed E-state index contributed by atoms with van der Waals surface area (Å²) in [5.41, 5.74) is 1.54. The molecule has 7 heteroatoms. The van der Waals surface area contributed by atoms with Crippen molar-refractivity contribution in [2.45, 2.75) is 23.5 Å². The molecule has 1 aromatic heterocycles. The highest BCUT2D eigenvalue weighted by Crippen LogP contribution is 2.30. The summed E-state index contributed by atoms with van der Waals surface area (Å²) in [7, 11) is 0. The zero-order valence-corrected chi connectivity index (χ0v) is 16.3. The van der Waals surface area contributed by atoms with Crippen LogP contribution >= 0.6 is 11.8 Å². The number of hydrogen-bond acceptors (Lipinski definition) is 4. The molecular formula is C22H17FN2O3S. The highest BCUT2D eigenvalue weighted by atomic mass is 32.2. The van der Waals surface area contributed by atoms with E-state index in [1.54, 1.807) is 30.3 Å². The number of furan rings is 1. The minimum absolute atomic E-state index is 0.0903. The van der Waals surface area contributed by atoms with Crippen LogP contribution in [0, 0.1) is 12.7 Å². The van der Waals surface area contributed by atoms with Crippen molar-refractivity contribution in [2.75, 3.05) is 0 Å². The molecule has 4 rings (SSSR count). The van der Waals surface area contributed by atoms with Gasteiger partial charge in [-0.05, 0) is 37.3 Å². The van der Waals surface area contributed by atoms with E-state index in [1.807, 2.05) is 31.2 Å². The molecule has 3 amide bonds. The lowest BCUT2D eigenvalue weighted by atomic mass is 10.2. The lowest BCUT2D eigenvalue weighted by molar-refractivity contribution is -0.123. The Labute approximate surface area is 171 Å². The van der Waals surface area contributed by atoms with Crippen molar-refractivity contribution in [1.29, 1.82) is 0 Å². The van der Waals surface area contributed by atoms with Crippen LogP contribution < -0.4 is 5.32 Å². The minimum Gasteiger partial charge on any atom is -0.450 e. The summed E-state index contributed by atoms with van der Waals surface area (Å²) < 4.78 is 19.6. The maximum atomic E-state index is 13.8. The topological polar surface area (TPSA) is 62.6 Å². The first-order valence-corrected chi connectivity index (χ1v) is 9.73. The maximum absolute atomic E-state index is 13.8. The van der Waals surface area contributed by atoms with Crippen LogP contribution in [-0.2, 0) is 11.3 Å². The lowest BCUT2D eigenvalue weighted by Crippen LogP contribution is -2.30. The average Bonchev–Trinajstić information content (AvgIpc) is 3.25. The summed E-state index contributed by atoms with van der Waals surface area (Å²) in [6, 6.07) is 17.0. The van der Waals surface area contributed by atoms with Crippen molar-refractivity contribution in [2.24, 2.45) is 0 Å². The molecule has 3 aromatic rings. The Morgan fingerprint density at radius 2 is 1.83 bits per heavy atom. The number of benzene rings is 2. The Kier molecular flexibility index (Phi) is 5.22. The highest BCUT2D eigenvalue weighted by molar-refractivity contribution is 7.99. The Balaban J connectivity index is 1.48. The number of nitrogens with zero attached hydrogens (tertiary/aromatic N) is 1. The molecule has 0 atom stereocenters. The third-order valence-corrected chi connectivity index (χ3v) is 5.31. The third kappa shape index (κ3) is 4.25. The van der Waals surface area contributed by atoms with Crippen LogP contribution in [0.25, 0.3) is 6.08 Å². The van der Waals surface area contributed by atoms with Crippen LogP contribution in [0.2, 0.25) is 0 Å². The van der Waals surface area contributed by atoms with E-state index in [0.717, 1.165) is 9.80 Å². The number of amides is 3. The molecule has 29 heavy (non-hydrogen) atoms. The summed E-state index contributed by atoms with van der Waals surface area (Å²) in [4.78, 5) is 26.7. The standard InChI is InChI=1S/C22H17FN2O3S/c1-14-6-9-17(10-7-14)29-20-11-8-16(28-20)12-19-21(26)25(22(27)24-19)13-15-4-2-3-5-18(15)23/h2-12H,13H2,1H3,(H,24,27). The van der Waals surface area contributed by atoms with E-state index in [2.05, 4.69) is 5.32 Å². The number of hydrogen-bond donors (Lipinski definition) is 1. The largest absolute Gasteiger partial charge is 0.450 e. The molecular weight excluding hydrogens is 391 g/mol. The second-order valence-electron chi connectivity index (χ2n) is 6.54. The van der Waals surface area contributed by atoms with Crippen molar-refractivity contribution in [3.8, 4) is 0 Å². The second-order valence-corrected chi connectivity index (χ2v) is 7.62. The number of halogens is 1. The predicted molar refractivity (Wildman–Crippen MR) is 107 cm³/mol. The van der Waals surface area contributed by atoms with Gasteiger partial charge in [0.1, 0.15) is 17.3 Å². The number of carbonyl (C=O) groups excluding carboxylic acids is 2. The molecule has 1 aliphatic heterocycles. The number of imide groups is 1. The fourth-order valence-corrected chi connectivity index (χ4v) is 3.62. The zero-order chi connectivity index (χ0) is 20.4. The van der Waals surface area contributed by atoms with Gasteiger partial charge in [0.15, 0.2) is 5.09 Å². The van der Waals surface area contributed by atoms with Crippen molar-refractivity contribution < 1.29 is 18.4 Å². The smallest absolute Gasteiger partial charge is 0.329 e. The molecule has 1 N–H and O–H groups in total. The Bertz CT molecular complexity index is 1110. The van der Waals surface area contributed by atoms with Crippen LogP contribution in [0.1, 0.15) is 16.9 Å². The van der Waals surface area contributed by atoms with Gasteiger partial charge in [-0.25, -0.2) is 9.18 Å². The molecule has 1 fully saturated rings. The van der Waals surface area contributed by atoms with Crippen LogP contribution in [-0.4, -0.2) is 16.8 Å². The van der Waals surface area contributed by atoms with E-state index in [9.17, 15) is 14.0 Å². The summed E-state index contributed by atoms with van der Waals surface area (Å²) in [6.07, 6.45) is 1.47. The van der Waals surface area contributed by atoms with Gasteiger partial charge < -0.3 is 9.73 Å². The van der Waals surface area contributed by atoms with E-state index in [4.69, 9.17) is 4.42 Å². The van der Waals surface area contributed by atoms with Gasteiger partial charge in [0.05, 0.1) is 6.54 Å². The average molecular weight is 408 g/mol. The van der Waals surface area contributed by atoms with E-state index in [-0.39, 0.29) is 17.8 Å². The first-order valence-electron chi connectivity index (χ1n) is 8.92. The van der Waals surface area contributed by atoms with Crippen molar-refractivity contribution in [1.82, 2.24) is 10.2 Å². The molecule has 0 aliphatic carbocycles. The quantitative estimate of drug-likeness (QED) is 0.478. The van der Waals surface area contributed by atoms with Crippen LogP contribution in [0.15, 0.2) is 80.8 Å². The van der Waals surface area contributed by atoms with Crippen LogP contribution in [0.3, 0.4) is 0 Å². The number of nitrogens with one attached hydrogen (secondary N) is 1. The number of rotatable bonds is 5. The van der Waals surface area contributed by atoms with E-state index >= 15 is 0 Å². The van der Waals surface area contributed by atoms with Gasteiger partial charge >= 0.3 is 6.03 Å². The van der Waals surface area contributed by atoms with Crippen LogP contribution in [0.5, 0.6) is 0 Å². The second kappa shape index (κ2) is 7.97. The Morgan fingerprint density at radius 3 is 2.59 bits per heavy atom. The molecule has 2 aromatic carbocycles. The number of aryl methyl sites for hydroxylation is 1. The number of carbonyl (C=O) groups is 2. The predicted octanol–water partition coefficient (Wildman–Crippen LogP) is 4.97. The van der Waals surface area contributed by atoms with Crippen molar-refractivity contribution >= 4 is 29.8 Å². The molecule has 0 unspecified atom stereocenters. The van der Waals surface area contributed by atoms with Gasteiger partial charge in [0.2, 0.25) is 0 Å². The Morgan fingerprint density at radius 1 is 1.07 bits per heavy atom. The molecule has 1 aliphatic rings. The Hall–Kier alpha value is -3.32. The fraction of sp³-hybridized carbons (Fsp3) is 0.0909. The van der Waals surface area contributed by atoms with E-state index < -0.39 is 17.8 Å². The fourth-order valence-electron chi connectivity index (χ4n) is 2.84. The van der Waals surface area contributed by atoms with E-state index in [1.165, 1.54) is 29.5 Å². The van der Waals surface area contributed by atoms with Crippen molar-refractivity contribution in [3.05, 3.63) is 89.1 Å². The van der Waals surface area contributed by atoms with Crippen LogP contribution in [0.4, 0.5) is 9.18 Å². The minimum atomic E-state index is -0.592. The summed E-state index contributed by atoms with van der Waals surface area (Å²) in [6.45, 7) is 1.88. The normalized spacial score (nSPS) is 15.2. The zero-order valence-electron chi connectivity index (χ0n) is 15.5. The highest BCUT2D eigenvalue weighted by Gasteiger charge is 2.34. The molecule has 0 spiro atoms. The summed E-state index contributed by atoms with van der Waals surface area (Å²) in [5, 5.41) is 3.18. The van der Waals surface area contributed by atoms with Gasteiger partial charge in [0, 0.05) is 16.5 Å². The molecule has 146 valence electrons. The summed E-state index contributed by atoms with van der Waals surface area (Å²) >= 11 is 1.46.